The van der Waals surface area contributed by atoms with Crippen molar-refractivity contribution in [1.29, 1.82) is 0 Å². The van der Waals surface area contributed by atoms with Gasteiger partial charge in [-0.2, -0.15) is 11.8 Å². The van der Waals surface area contributed by atoms with Crippen molar-refractivity contribution in [1.82, 2.24) is 5.32 Å². The zero-order chi connectivity index (χ0) is 14.8. The van der Waals surface area contributed by atoms with Gasteiger partial charge in [-0.1, -0.05) is 19.9 Å². The molecular formula is C16H27NO2S. The molecule has 0 bridgehead atoms. The zero-order valence-corrected chi connectivity index (χ0v) is 13.9. The Labute approximate surface area is 127 Å². The Balaban J connectivity index is 2.54. The van der Waals surface area contributed by atoms with Crippen LogP contribution in [-0.2, 0) is 17.0 Å². The lowest BCUT2D eigenvalue weighted by atomic mass is 10.1. The van der Waals surface area contributed by atoms with E-state index in [2.05, 4.69) is 37.4 Å². The van der Waals surface area contributed by atoms with Crippen molar-refractivity contribution in [3.8, 4) is 5.75 Å². The number of methoxy groups -OCH3 is 2. The van der Waals surface area contributed by atoms with Crippen LogP contribution in [0.2, 0.25) is 0 Å². The first kappa shape index (κ1) is 17.3. The summed E-state index contributed by atoms with van der Waals surface area (Å²) in [4.78, 5) is 0. The number of ether oxygens (including phenoxy) is 2. The summed E-state index contributed by atoms with van der Waals surface area (Å²) in [6.45, 7) is 6.07. The fourth-order valence-corrected chi connectivity index (χ4v) is 2.78. The zero-order valence-electron chi connectivity index (χ0n) is 13.1. The van der Waals surface area contributed by atoms with E-state index in [1.807, 2.05) is 11.8 Å². The minimum Gasteiger partial charge on any atom is -0.496 e. The number of nitrogens with one attached hydrogen (secondary N) is 1. The van der Waals surface area contributed by atoms with Crippen LogP contribution in [0.15, 0.2) is 18.2 Å². The molecule has 1 rings (SSSR count). The summed E-state index contributed by atoms with van der Waals surface area (Å²) < 4.78 is 10.5. The molecule has 0 aliphatic rings. The normalized spacial score (nSPS) is 11.1. The highest BCUT2D eigenvalue weighted by atomic mass is 32.2. The highest BCUT2D eigenvalue weighted by Gasteiger charge is 2.05. The van der Waals surface area contributed by atoms with Crippen LogP contribution in [0, 0.1) is 0 Å². The molecular weight excluding hydrogens is 270 g/mol. The molecule has 0 fully saturated rings. The van der Waals surface area contributed by atoms with E-state index in [9.17, 15) is 0 Å². The third-order valence-electron chi connectivity index (χ3n) is 2.95. The van der Waals surface area contributed by atoms with Gasteiger partial charge in [-0.3, -0.25) is 0 Å². The summed E-state index contributed by atoms with van der Waals surface area (Å²) in [5.74, 6) is 3.09. The number of thioether (sulfide) groups is 1. The second-order valence-corrected chi connectivity index (χ2v) is 6.19. The fraction of sp³-hybridized carbons (Fsp3) is 0.625. The van der Waals surface area contributed by atoms with Crippen molar-refractivity contribution in [3.63, 3.8) is 0 Å². The van der Waals surface area contributed by atoms with Crippen LogP contribution in [0.5, 0.6) is 5.75 Å². The molecule has 4 heteroatoms. The lowest BCUT2D eigenvalue weighted by molar-refractivity contribution is 0.200. The second kappa shape index (κ2) is 10.1. The smallest absolute Gasteiger partial charge is 0.122 e. The summed E-state index contributed by atoms with van der Waals surface area (Å²) in [5.41, 5.74) is 2.59. The summed E-state index contributed by atoms with van der Waals surface area (Å²) in [6, 6.07) is 6.96. The molecule has 0 saturated heterocycles. The van der Waals surface area contributed by atoms with E-state index in [4.69, 9.17) is 9.47 Å². The van der Waals surface area contributed by atoms with Crippen LogP contribution < -0.4 is 10.1 Å². The van der Waals surface area contributed by atoms with Gasteiger partial charge in [0.2, 0.25) is 0 Å². The Bertz CT molecular complexity index is 383. The van der Waals surface area contributed by atoms with E-state index < -0.39 is 0 Å². The Morgan fingerprint density at radius 1 is 1.25 bits per heavy atom. The van der Waals surface area contributed by atoms with Crippen LogP contribution in [0.3, 0.4) is 0 Å². The first-order valence-corrected chi connectivity index (χ1v) is 8.28. The fourth-order valence-electron chi connectivity index (χ4n) is 1.86. The summed E-state index contributed by atoms with van der Waals surface area (Å²) in [6.07, 6.45) is 1.10. The molecule has 0 spiro atoms. The van der Waals surface area contributed by atoms with Crippen molar-refractivity contribution in [2.75, 3.05) is 26.6 Å². The molecule has 0 aromatic heterocycles. The molecule has 0 saturated carbocycles. The highest BCUT2D eigenvalue weighted by molar-refractivity contribution is 7.98. The monoisotopic (exact) mass is 297 g/mol. The van der Waals surface area contributed by atoms with Crippen molar-refractivity contribution in [2.45, 2.75) is 38.6 Å². The SMILES string of the molecule is COCCCSCc1cc(CNC(C)C)ccc1OC. The molecule has 0 unspecified atom stereocenters. The average molecular weight is 297 g/mol. The minimum atomic E-state index is 0.504. The molecule has 1 N–H and O–H groups in total. The number of benzene rings is 1. The summed E-state index contributed by atoms with van der Waals surface area (Å²) in [7, 11) is 3.49. The lowest BCUT2D eigenvalue weighted by Crippen LogP contribution is -2.21. The van der Waals surface area contributed by atoms with Crippen LogP contribution in [-0.4, -0.2) is 32.6 Å². The molecule has 0 atom stereocenters. The molecule has 1 aromatic carbocycles. The Kier molecular flexibility index (Phi) is 8.74. The van der Waals surface area contributed by atoms with Crippen LogP contribution >= 0.6 is 11.8 Å². The molecule has 0 amide bonds. The molecule has 20 heavy (non-hydrogen) atoms. The van der Waals surface area contributed by atoms with Crippen molar-refractivity contribution >= 4 is 11.8 Å². The summed E-state index contributed by atoms with van der Waals surface area (Å²) >= 11 is 1.93. The second-order valence-electron chi connectivity index (χ2n) is 5.08. The highest BCUT2D eigenvalue weighted by Crippen LogP contribution is 2.25. The number of hydrogen-bond acceptors (Lipinski definition) is 4. The molecule has 0 radical (unpaired) electrons. The van der Waals surface area contributed by atoms with Gasteiger partial charge in [0, 0.05) is 37.6 Å². The van der Waals surface area contributed by atoms with Gasteiger partial charge in [0.05, 0.1) is 7.11 Å². The van der Waals surface area contributed by atoms with Gasteiger partial charge in [0.1, 0.15) is 5.75 Å². The van der Waals surface area contributed by atoms with E-state index in [1.165, 1.54) is 11.1 Å². The van der Waals surface area contributed by atoms with E-state index in [-0.39, 0.29) is 0 Å². The third-order valence-corrected chi connectivity index (χ3v) is 4.05. The Morgan fingerprint density at radius 3 is 2.70 bits per heavy atom. The first-order chi connectivity index (χ1) is 9.67. The van der Waals surface area contributed by atoms with E-state index in [0.717, 1.165) is 36.8 Å². The van der Waals surface area contributed by atoms with Gasteiger partial charge in [0.25, 0.3) is 0 Å². The van der Waals surface area contributed by atoms with Crippen molar-refractivity contribution < 1.29 is 9.47 Å². The van der Waals surface area contributed by atoms with Gasteiger partial charge < -0.3 is 14.8 Å². The van der Waals surface area contributed by atoms with Crippen LogP contribution in [0.1, 0.15) is 31.4 Å². The predicted molar refractivity (Wildman–Crippen MR) is 87.6 cm³/mol. The maximum absolute atomic E-state index is 5.45. The van der Waals surface area contributed by atoms with Crippen LogP contribution in [0.25, 0.3) is 0 Å². The number of hydrogen-bond donors (Lipinski definition) is 1. The molecule has 0 heterocycles. The first-order valence-electron chi connectivity index (χ1n) is 7.13. The van der Waals surface area contributed by atoms with Gasteiger partial charge in [-0.25, -0.2) is 0 Å². The largest absolute Gasteiger partial charge is 0.496 e. The Hall–Kier alpha value is -0.710. The maximum Gasteiger partial charge on any atom is 0.122 e. The molecule has 0 aliphatic heterocycles. The van der Waals surface area contributed by atoms with Gasteiger partial charge >= 0.3 is 0 Å². The average Bonchev–Trinajstić information content (AvgIpc) is 2.45. The minimum absolute atomic E-state index is 0.504. The number of rotatable bonds is 10. The van der Waals surface area contributed by atoms with Gasteiger partial charge in [-0.15, -0.1) is 0 Å². The molecule has 114 valence electrons. The Morgan fingerprint density at radius 2 is 2.05 bits per heavy atom. The van der Waals surface area contributed by atoms with E-state index in [0.29, 0.717) is 6.04 Å². The van der Waals surface area contributed by atoms with Crippen LogP contribution in [0.4, 0.5) is 0 Å². The molecule has 3 nitrogen and oxygen atoms in total. The topological polar surface area (TPSA) is 30.5 Å². The van der Waals surface area contributed by atoms with Crippen molar-refractivity contribution in [3.05, 3.63) is 29.3 Å². The molecule has 0 aliphatic carbocycles. The third kappa shape index (κ3) is 6.64. The van der Waals surface area contributed by atoms with E-state index in [1.54, 1.807) is 14.2 Å². The van der Waals surface area contributed by atoms with E-state index >= 15 is 0 Å². The van der Waals surface area contributed by atoms with Gasteiger partial charge in [0.15, 0.2) is 0 Å². The maximum atomic E-state index is 5.45. The quantitative estimate of drug-likeness (QED) is 0.670. The molecule has 1 aromatic rings. The lowest BCUT2D eigenvalue weighted by Gasteiger charge is -2.12. The van der Waals surface area contributed by atoms with Gasteiger partial charge in [-0.05, 0) is 29.9 Å². The van der Waals surface area contributed by atoms with Crippen molar-refractivity contribution in [2.24, 2.45) is 0 Å². The predicted octanol–water partition coefficient (Wildman–Crippen LogP) is 3.46. The summed E-state index contributed by atoms with van der Waals surface area (Å²) in [5, 5.41) is 3.45. The standard InChI is InChI=1S/C16H27NO2S/c1-13(2)17-11-14-6-7-16(19-4)15(10-14)12-20-9-5-8-18-3/h6-7,10,13,17H,5,8-9,11-12H2,1-4H3.